The van der Waals surface area contributed by atoms with Crippen LogP contribution in [0.1, 0.15) is 11.1 Å². The Labute approximate surface area is 98.5 Å². The highest BCUT2D eigenvalue weighted by atomic mass is 16.7. The molecule has 17 heavy (non-hydrogen) atoms. The van der Waals surface area contributed by atoms with Crippen molar-refractivity contribution in [2.24, 2.45) is 0 Å². The van der Waals surface area contributed by atoms with Crippen molar-refractivity contribution in [1.29, 1.82) is 0 Å². The van der Waals surface area contributed by atoms with Gasteiger partial charge in [-0.3, -0.25) is 4.84 Å². The molecule has 0 spiro atoms. The average Bonchev–Trinajstić information content (AvgIpc) is 2.23. The number of carbonyl (C=O) groups is 2. The summed E-state index contributed by atoms with van der Waals surface area (Å²) in [6.45, 7) is 3.18. The maximum atomic E-state index is 11.3. The molecule has 0 heterocycles. The Bertz CT molecular complexity index is 431. The van der Waals surface area contributed by atoms with Crippen LogP contribution in [-0.4, -0.2) is 23.7 Å². The minimum absolute atomic E-state index is 0.583. The smallest absolute Gasteiger partial charge is 0.343 e. The summed E-state index contributed by atoms with van der Waals surface area (Å²) < 4.78 is 0. The lowest BCUT2D eigenvalue weighted by Gasteiger charge is -2.09. The molecule has 2 amide bonds. The molecule has 1 aromatic rings. The number of hydroxylamine groups is 1. The number of urea groups is 1. The Morgan fingerprint density at radius 2 is 2.06 bits per heavy atom. The summed E-state index contributed by atoms with van der Waals surface area (Å²) in [6, 6.07) is 5.01. The van der Waals surface area contributed by atoms with Gasteiger partial charge in [0.1, 0.15) is 0 Å². The maximum absolute atomic E-state index is 11.3. The third kappa shape index (κ3) is 4.52. The van der Waals surface area contributed by atoms with Gasteiger partial charge in [-0.15, -0.1) is 0 Å². The van der Waals surface area contributed by atoms with Crippen LogP contribution in [-0.2, 0) is 9.63 Å². The zero-order valence-corrected chi connectivity index (χ0v) is 9.61. The lowest BCUT2D eigenvalue weighted by atomic mass is 10.1. The van der Waals surface area contributed by atoms with E-state index in [4.69, 9.17) is 5.11 Å². The van der Waals surface area contributed by atoms with Crippen molar-refractivity contribution in [2.75, 3.05) is 11.9 Å². The Hall–Kier alpha value is -2.08. The predicted molar refractivity (Wildman–Crippen MR) is 61.7 cm³/mol. The highest BCUT2D eigenvalue weighted by Gasteiger charge is 2.05. The first-order chi connectivity index (χ1) is 7.99. The van der Waals surface area contributed by atoms with Crippen molar-refractivity contribution >= 4 is 17.7 Å². The van der Waals surface area contributed by atoms with E-state index in [1.807, 2.05) is 37.5 Å². The van der Waals surface area contributed by atoms with E-state index in [1.165, 1.54) is 0 Å². The molecule has 0 bridgehead atoms. The number of carboxylic acids is 1. The van der Waals surface area contributed by atoms with E-state index in [0.717, 1.165) is 11.1 Å². The molecule has 3 N–H and O–H groups in total. The van der Waals surface area contributed by atoms with E-state index in [9.17, 15) is 9.59 Å². The molecule has 0 aliphatic rings. The van der Waals surface area contributed by atoms with Gasteiger partial charge in [0, 0.05) is 5.69 Å². The Kier molecular flexibility index (Phi) is 4.47. The van der Waals surface area contributed by atoms with Crippen molar-refractivity contribution < 1.29 is 19.5 Å². The van der Waals surface area contributed by atoms with E-state index in [-0.39, 0.29) is 0 Å². The molecule has 0 saturated carbocycles. The van der Waals surface area contributed by atoms with Crippen LogP contribution in [0.25, 0.3) is 0 Å². The first-order valence-electron chi connectivity index (χ1n) is 4.97. The zero-order chi connectivity index (χ0) is 12.8. The SMILES string of the molecule is Cc1ccc(C)c(NC(=O)NOCC(=O)O)c1. The Morgan fingerprint density at radius 1 is 1.35 bits per heavy atom. The molecular formula is C11H14N2O4. The van der Waals surface area contributed by atoms with Crippen LogP contribution in [0.15, 0.2) is 18.2 Å². The summed E-state index contributed by atoms with van der Waals surface area (Å²) in [5.41, 5.74) is 4.55. The number of aryl methyl sites for hydroxylation is 2. The van der Waals surface area contributed by atoms with E-state index >= 15 is 0 Å². The lowest BCUT2D eigenvalue weighted by molar-refractivity contribution is -0.143. The van der Waals surface area contributed by atoms with Gasteiger partial charge in [-0.2, -0.15) is 0 Å². The number of anilines is 1. The monoisotopic (exact) mass is 238 g/mol. The molecule has 6 heteroatoms. The molecule has 0 aliphatic heterocycles. The van der Waals surface area contributed by atoms with Crippen molar-refractivity contribution in [1.82, 2.24) is 5.48 Å². The van der Waals surface area contributed by atoms with Crippen molar-refractivity contribution in [3.05, 3.63) is 29.3 Å². The fourth-order valence-corrected chi connectivity index (χ4v) is 1.18. The summed E-state index contributed by atoms with van der Waals surface area (Å²) in [4.78, 5) is 25.9. The molecule has 1 rings (SSSR count). The van der Waals surface area contributed by atoms with E-state index in [0.29, 0.717) is 5.69 Å². The molecule has 0 saturated heterocycles. The van der Waals surface area contributed by atoms with Gasteiger partial charge in [-0.05, 0) is 31.0 Å². The molecule has 0 unspecified atom stereocenters. The summed E-state index contributed by atoms with van der Waals surface area (Å²) in [6.07, 6.45) is 0. The summed E-state index contributed by atoms with van der Waals surface area (Å²) in [5, 5.41) is 10.9. The van der Waals surface area contributed by atoms with Gasteiger partial charge < -0.3 is 10.4 Å². The third-order valence-corrected chi connectivity index (χ3v) is 2.00. The molecule has 92 valence electrons. The van der Waals surface area contributed by atoms with Crippen LogP contribution in [0.4, 0.5) is 10.5 Å². The number of nitrogens with one attached hydrogen (secondary N) is 2. The number of carbonyl (C=O) groups excluding carboxylic acids is 1. The highest BCUT2D eigenvalue weighted by Crippen LogP contribution is 2.15. The number of amides is 2. The van der Waals surface area contributed by atoms with Crippen LogP contribution < -0.4 is 10.8 Å². The molecular weight excluding hydrogens is 224 g/mol. The summed E-state index contributed by atoms with van der Waals surface area (Å²) >= 11 is 0. The van der Waals surface area contributed by atoms with Gasteiger partial charge in [-0.1, -0.05) is 12.1 Å². The van der Waals surface area contributed by atoms with Gasteiger partial charge in [0.25, 0.3) is 0 Å². The highest BCUT2D eigenvalue weighted by molar-refractivity contribution is 5.89. The van der Waals surface area contributed by atoms with Gasteiger partial charge >= 0.3 is 12.0 Å². The number of carboxylic acid groups (broad SMARTS) is 1. The fourth-order valence-electron chi connectivity index (χ4n) is 1.18. The summed E-state index contributed by atoms with van der Waals surface area (Å²) in [7, 11) is 0. The van der Waals surface area contributed by atoms with Crippen LogP contribution in [0.5, 0.6) is 0 Å². The van der Waals surface area contributed by atoms with Crippen LogP contribution >= 0.6 is 0 Å². The minimum Gasteiger partial charge on any atom is -0.479 e. The van der Waals surface area contributed by atoms with E-state index < -0.39 is 18.6 Å². The Morgan fingerprint density at radius 3 is 2.71 bits per heavy atom. The molecule has 0 radical (unpaired) electrons. The normalized spacial score (nSPS) is 9.76. The fraction of sp³-hybridized carbons (Fsp3) is 0.273. The molecule has 0 aliphatic carbocycles. The van der Waals surface area contributed by atoms with Crippen molar-refractivity contribution in [3.63, 3.8) is 0 Å². The van der Waals surface area contributed by atoms with Crippen LogP contribution in [0.2, 0.25) is 0 Å². The van der Waals surface area contributed by atoms with Gasteiger partial charge in [0.2, 0.25) is 0 Å². The lowest BCUT2D eigenvalue weighted by Crippen LogP contribution is -2.31. The largest absolute Gasteiger partial charge is 0.479 e. The van der Waals surface area contributed by atoms with Gasteiger partial charge in [0.15, 0.2) is 6.61 Å². The van der Waals surface area contributed by atoms with E-state index in [2.05, 4.69) is 10.2 Å². The van der Waals surface area contributed by atoms with E-state index in [1.54, 1.807) is 0 Å². The molecule has 1 aromatic carbocycles. The number of rotatable bonds is 4. The first kappa shape index (κ1) is 13.0. The number of hydrogen-bond acceptors (Lipinski definition) is 3. The molecule has 6 nitrogen and oxygen atoms in total. The number of hydrogen-bond donors (Lipinski definition) is 3. The standard InChI is InChI=1S/C11H14N2O4/c1-7-3-4-8(2)9(5-7)12-11(16)13-17-6-10(14)15/h3-5H,6H2,1-2H3,(H,14,15)(H2,12,13,16). The molecule has 0 aromatic heterocycles. The van der Waals surface area contributed by atoms with Crippen molar-refractivity contribution in [2.45, 2.75) is 13.8 Å². The number of benzene rings is 1. The third-order valence-electron chi connectivity index (χ3n) is 2.00. The summed E-state index contributed by atoms with van der Waals surface area (Å²) in [5.74, 6) is -1.16. The zero-order valence-electron chi connectivity index (χ0n) is 9.61. The topological polar surface area (TPSA) is 87.7 Å². The second kappa shape index (κ2) is 5.86. The second-order valence-corrected chi connectivity index (χ2v) is 3.56. The maximum Gasteiger partial charge on any atom is 0.343 e. The van der Waals surface area contributed by atoms with Gasteiger partial charge in [-0.25, -0.2) is 15.1 Å². The molecule has 0 atom stereocenters. The minimum atomic E-state index is -1.16. The Balaban J connectivity index is 2.50. The predicted octanol–water partition coefficient (Wildman–Crippen LogP) is 1.44. The number of aliphatic carboxylic acids is 1. The quantitative estimate of drug-likeness (QED) is 0.692. The molecule has 0 fully saturated rings. The van der Waals surface area contributed by atoms with Crippen LogP contribution in [0.3, 0.4) is 0 Å². The first-order valence-corrected chi connectivity index (χ1v) is 4.97. The second-order valence-electron chi connectivity index (χ2n) is 3.56. The average molecular weight is 238 g/mol. The van der Waals surface area contributed by atoms with Crippen LogP contribution in [0, 0.1) is 13.8 Å². The van der Waals surface area contributed by atoms with Gasteiger partial charge in [0.05, 0.1) is 0 Å². The van der Waals surface area contributed by atoms with Crippen molar-refractivity contribution in [3.8, 4) is 0 Å².